The number of para-hydroxylation sites is 1. The summed E-state index contributed by atoms with van der Waals surface area (Å²) in [6.07, 6.45) is 1.87. The topological polar surface area (TPSA) is 79.4 Å². The van der Waals surface area contributed by atoms with Crippen LogP contribution in [0.15, 0.2) is 24.3 Å². The Balaban J connectivity index is 1.52. The lowest BCUT2D eigenvalue weighted by atomic mass is 10.2. The van der Waals surface area contributed by atoms with Crippen LogP contribution in [0.4, 0.5) is 4.79 Å². The van der Waals surface area contributed by atoms with Gasteiger partial charge >= 0.3 is 0 Å². The van der Waals surface area contributed by atoms with Gasteiger partial charge in [0.2, 0.25) is 11.8 Å². The van der Waals surface area contributed by atoms with Crippen LogP contribution < -0.4 is 5.32 Å². The lowest BCUT2D eigenvalue weighted by molar-refractivity contribution is -0.133. The van der Waals surface area contributed by atoms with E-state index in [4.69, 9.17) is 0 Å². The number of nitrogens with zero attached hydrogens (tertiary/aromatic N) is 2. The molecule has 2 atom stereocenters. The molecule has 0 bridgehead atoms. The average Bonchev–Trinajstić information content (AvgIpc) is 3.25. The van der Waals surface area contributed by atoms with Gasteiger partial charge < -0.3 is 4.90 Å². The fraction of sp³-hybridized carbons (Fsp3) is 0.375. The molecule has 0 radical (unpaired) electrons. The summed E-state index contributed by atoms with van der Waals surface area (Å²) < 4.78 is 1.11. The molecule has 24 heavy (non-hydrogen) atoms. The van der Waals surface area contributed by atoms with Crippen molar-refractivity contribution in [3.05, 3.63) is 29.3 Å². The van der Waals surface area contributed by atoms with Gasteiger partial charge in [-0.1, -0.05) is 23.9 Å². The highest BCUT2D eigenvalue weighted by Crippen LogP contribution is 2.37. The fourth-order valence-electron chi connectivity index (χ4n) is 3.16. The number of rotatable bonds is 3. The number of likely N-dealkylation sites (tertiary alicyclic amines) is 1. The van der Waals surface area contributed by atoms with Crippen molar-refractivity contribution >= 4 is 50.4 Å². The summed E-state index contributed by atoms with van der Waals surface area (Å²) in [4.78, 5) is 42.1. The molecule has 2 fully saturated rings. The molecule has 2 aliphatic rings. The number of amides is 3. The first-order valence-electron chi connectivity index (χ1n) is 7.78. The first-order valence-corrected chi connectivity index (χ1v) is 9.48. The Kier molecular flexibility index (Phi) is 4.01. The van der Waals surface area contributed by atoms with E-state index in [1.807, 2.05) is 29.2 Å². The maximum absolute atomic E-state index is 12.7. The minimum absolute atomic E-state index is 0.0277. The minimum Gasteiger partial charge on any atom is -0.333 e. The van der Waals surface area contributed by atoms with Crippen molar-refractivity contribution in [2.75, 3.05) is 6.54 Å². The monoisotopic (exact) mass is 361 g/mol. The van der Waals surface area contributed by atoms with Gasteiger partial charge in [-0.05, 0) is 25.0 Å². The number of thiazole rings is 1. The van der Waals surface area contributed by atoms with Crippen LogP contribution in [0, 0.1) is 0 Å². The Morgan fingerprint density at radius 1 is 1.33 bits per heavy atom. The quantitative estimate of drug-likeness (QED) is 0.909. The van der Waals surface area contributed by atoms with E-state index in [2.05, 4.69) is 10.3 Å². The minimum atomic E-state index is -0.610. The van der Waals surface area contributed by atoms with E-state index in [9.17, 15) is 14.4 Å². The zero-order chi connectivity index (χ0) is 16.7. The number of benzene rings is 1. The van der Waals surface area contributed by atoms with Crippen LogP contribution in [0.3, 0.4) is 0 Å². The van der Waals surface area contributed by atoms with Gasteiger partial charge in [0, 0.05) is 13.0 Å². The number of fused-ring (bicyclic) bond motifs is 1. The van der Waals surface area contributed by atoms with Gasteiger partial charge in [-0.15, -0.1) is 11.3 Å². The van der Waals surface area contributed by atoms with Crippen LogP contribution in [0.25, 0.3) is 10.2 Å². The highest BCUT2D eigenvalue weighted by Gasteiger charge is 2.38. The molecule has 2 aromatic rings. The molecular formula is C16H15N3O3S2. The number of carbonyl (C=O) groups excluding carboxylic acids is 3. The van der Waals surface area contributed by atoms with Gasteiger partial charge in [0.15, 0.2) is 0 Å². The van der Waals surface area contributed by atoms with Gasteiger partial charge in [0.1, 0.15) is 10.3 Å². The molecule has 3 amide bonds. The van der Waals surface area contributed by atoms with Crippen LogP contribution in [-0.4, -0.2) is 38.7 Å². The second-order valence-corrected chi connectivity index (χ2v) is 8.09. The first-order chi connectivity index (χ1) is 11.6. The van der Waals surface area contributed by atoms with E-state index in [-0.39, 0.29) is 29.5 Å². The average molecular weight is 361 g/mol. The first kappa shape index (κ1) is 15.6. The van der Waals surface area contributed by atoms with E-state index < -0.39 is 5.25 Å². The third-order valence-corrected chi connectivity index (χ3v) is 6.41. The molecule has 1 aromatic carbocycles. The van der Waals surface area contributed by atoms with Crippen molar-refractivity contribution in [1.29, 1.82) is 0 Å². The van der Waals surface area contributed by atoms with Crippen molar-refractivity contribution in [3.63, 3.8) is 0 Å². The lowest BCUT2D eigenvalue weighted by Crippen LogP contribution is -2.34. The highest BCUT2D eigenvalue weighted by atomic mass is 32.2. The van der Waals surface area contributed by atoms with Crippen molar-refractivity contribution in [2.45, 2.75) is 30.6 Å². The molecule has 0 spiro atoms. The molecule has 3 heterocycles. The summed E-state index contributed by atoms with van der Waals surface area (Å²) in [6, 6.07) is 7.91. The third kappa shape index (κ3) is 2.80. The highest BCUT2D eigenvalue weighted by molar-refractivity contribution is 8.15. The van der Waals surface area contributed by atoms with Crippen LogP contribution >= 0.6 is 23.1 Å². The van der Waals surface area contributed by atoms with Gasteiger partial charge in [0.05, 0.1) is 16.3 Å². The molecule has 6 nitrogen and oxygen atoms in total. The number of carbonyl (C=O) groups is 3. The van der Waals surface area contributed by atoms with Gasteiger partial charge in [0.25, 0.3) is 5.24 Å². The number of imide groups is 1. The maximum Gasteiger partial charge on any atom is 0.286 e. The molecule has 4 rings (SSSR count). The standard InChI is InChI=1S/C16H15N3O3S2/c20-13(8-12-14(21)18-16(22)24-12)19-7-3-5-10(19)15-17-9-4-1-2-6-11(9)23-15/h1-2,4,6,10,12H,3,5,7-8H2,(H,18,21,22)/t10-,12+/m1/s1. The van der Waals surface area contributed by atoms with E-state index in [0.29, 0.717) is 6.54 Å². The van der Waals surface area contributed by atoms with Gasteiger partial charge in [-0.3, -0.25) is 19.7 Å². The number of hydrogen-bond acceptors (Lipinski definition) is 6. The van der Waals surface area contributed by atoms with Crippen molar-refractivity contribution in [3.8, 4) is 0 Å². The van der Waals surface area contributed by atoms with E-state index >= 15 is 0 Å². The summed E-state index contributed by atoms with van der Waals surface area (Å²) in [5.41, 5.74) is 0.952. The lowest BCUT2D eigenvalue weighted by Gasteiger charge is -2.23. The fourth-order valence-corrected chi connectivity index (χ4v) is 5.08. The van der Waals surface area contributed by atoms with Crippen molar-refractivity contribution in [1.82, 2.24) is 15.2 Å². The molecule has 2 saturated heterocycles. The molecule has 1 aromatic heterocycles. The van der Waals surface area contributed by atoms with Crippen molar-refractivity contribution in [2.24, 2.45) is 0 Å². The van der Waals surface area contributed by atoms with E-state index in [1.165, 1.54) is 0 Å². The van der Waals surface area contributed by atoms with E-state index in [1.54, 1.807) is 11.3 Å². The SMILES string of the molecule is O=C1NC(=O)[C@H](CC(=O)N2CCC[C@@H]2c2nc3ccccc3s2)S1. The molecule has 0 saturated carbocycles. The molecule has 124 valence electrons. The maximum atomic E-state index is 12.7. The second-order valence-electron chi connectivity index (χ2n) is 5.85. The van der Waals surface area contributed by atoms with Gasteiger partial charge in [-0.2, -0.15) is 0 Å². The van der Waals surface area contributed by atoms with Crippen LogP contribution in [0.5, 0.6) is 0 Å². The third-order valence-electron chi connectivity index (χ3n) is 4.30. The Labute approximate surface area is 146 Å². The molecular weight excluding hydrogens is 346 g/mol. The Hall–Kier alpha value is -1.93. The number of hydrogen-bond donors (Lipinski definition) is 1. The van der Waals surface area contributed by atoms with Gasteiger partial charge in [-0.25, -0.2) is 4.98 Å². The molecule has 8 heteroatoms. The Bertz CT molecular complexity index is 802. The van der Waals surface area contributed by atoms with E-state index in [0.717, 1.165) is 39.8 Å². The predicted molar refractivity (Wildman–Crippen MR) is 92.8 cm³/mol. The molecule has 0 aliphatic carbocycles. The zero-order valence-corrected chi connectivity index (χ0v) is 14.4. The largest absolute Gasteiger partial charge is 0.333 e. The van der Waals surface area contributed by atoms with Crippen molar-refractivity contribution < 1.29 is 14.4 Å². The molecule has 2 aliphatic heterocycles. The smallest absolute Gasteiger partial charge is 0.286 e. The predicted octanol–water partition coefficient (Wildman–Crippen LogP) is 2.70. The summed E-state index contributed by atoms with van der Waals surface area (Å²) in [5.74, 6) is -0.451. The molecule has 0 unspecified atom stereocenters. The number of aromatic nitrogens is 1. The summed E-state index contributed by atoms with van der Waals surface area (Å²) in [6.45, 7) is 0.673. The second kappa shape index (κ2) is 6.18. The number of thioether (sulfide) groups is 1. The number of nitrogens with one attached hydrogen (secondary N) is 1. The summed E-state index contributed by atoms with van der Waals surface area (Å²) in [5, 5.41) is 2.19. The summed E-state index contributed by atoms with van der Waals surface area (Å²) >= 11 is 2.52. The molecule has 1 N–H and O–H groups in total. The van der Waals surface area contributed by atoms with Crippen LogP contribution in [0.1, 0.15) is 30.3 Å². The normalized spacial score (nSPS) is 23.9. The van der Waals surface area contributed by atoms with Crippen LogP contribution in [-0.2, 0) is 9.59 Å². The zero-order valence-electron chi connectivity index (χ0n) is 12.7. The Morgan fingerprint density at radius 3 is 2.92 bits per heavy atom. The summed E-state index contributed by atoms with van der Waals surface area (Å²) in [7, 11) is 0. The van der Waals surface area contributed by atoms with Crippen LogP contribution in [0.2, 0.25) is 0 Å². The Morgan fingerprint density at radius 2 is 2.17 bits per heavy atom.